The number of nitrogens with zero attached hydrogens (tertiary/aromatic N) is 1. The summed E-state index contributed by atoms with van der Waals surface area (Å²) in [5.41, 5.74) is 0. The first-order valence-corrected chi connectivity index (χ1v) is 6.75. The van der Waals surface area contributed by atoms with Gasteiger partial charge >= 0.3 is 5.97 Å². The number of aliphatic carboxylic acids is 1. The lowest BCUT2D eigenvalue weighted by Crippen LogP contribution is -2.44. The quantitative estimate of drug-likeness (QED) is 0.382. The molecule has 1 unspecified atom stereocenters. The fourth-order valence-corrected chi connectivity index (χ4v) is 1.76. The highest BCUT2D eigenvalue weighted by Gasteiger charge is 2.19. The van der Waals surface area contributed by atoms with Crippen LogP contribution in [0.15, 0.2) is 0 Å². The highest BCUT2D eigenvalue weighted by molar-refractivity contribution is 5.82. The van der Waals surface area contributed by atoms with E-state index in [0.717, 1.165) is 12.8 Å². The average molecular weight is 289 g/mol. The maximum absolute atomic E-state index is 11.9. The van der Waals surface area contributed by atoms with Gasteiger partial charge in [-0.25, -0.2) is 0 Å². The zero-order valence-electron chi connectivity index (χ0n) is 12.4. The van der Waals surface area contributed by atoms with Gasteiger partial charge in [-0.05, 0) is 33.4 Å². The predicted molar refractivity (Wildman–Crippen MR) is 75.3 cm³/mol. The highest BCUT2D eigenvalue weighted by atomic mass is 16.4. The lowest BCUT2D eigenvalue weighted by atomic mass is 10.1. The van der Waals surface area contributed by atoms with E-state index in [0.29, 0.717) is 13.0 Å². The van der Waals surface area contributed by atoms with E-state index in [4.69, 9.17) is 5.11 Å². The summed E-state index contributed by atoms with van der Waals surface area (Å²) < 4.78 is 0. The lowest BCUT2D eigenvalue weighted by Gasteiger charge is -2.23. The monoisotopic (exact) mass is 289 g/mol. The molecule has 20 heavy (non-hydrogen) atoms. The Labute approximate surface area is 119 Å². The van der Waals surface area contributed by atoms with Crippen LogP contribution in [0, 0.1) is 0 Å². The maximum atomic E-state index is 11.9. The lowest BCUT2D eigenvalue weighted by molar-refractivity contribution is -0.137. The largest absolute Gasteiger partial charge is 0.481 e. The number of carbonyl (C=O) groups excluding carboxylic acids is 2. The first-order chi connectivity index (χ1) is 9.34. The number of hydrogen-bond donors (Lipinski definition) is 3. The Morgan fingerprint density at radius 3 is 2.25 bits per heavy atom. The van der Waals surface area contributed by atoms with E-state index in [9.17, 15) is 14.4 Å². The Balaban J connectivity index is 3.99. The van der Waals surface area contributed by atoms with Crippen LogP contribution < -0.4 is 10.6 Å². The number of carboxylic acid groups (broad SMARTS) is 1. The van der Waals surface area contributed by atoms with Crippen LogP contribution in [0.2, 0.25) is 0 Å². The van der Waals surface area contributed by atoms with Crippen molar-refractivity contribution < 1.29 is 19.5 Å². The van der Waals surface area contributed by atoms with Gasteiger partial charge in [-0.3, -0.25) is 19.3 Å². The standard InChI is InChI=1S/C13H25N3O4/c1-10(17)14-8-5-4-6-11(16(2)3)13(20)15-9-7-12(18)19/h11H,4-9H2,1-3H3,(H,14,17)(H,15,20)(H,18,19)/i1+1,10+1. The minimum atomic E-state index is -0.929. The molecule has 116 valence electrons. The van der Waals surface area contributed by atoms with Gasteiger partial charge < -0.3 is 15.7 Å². The summed E-state index contributed by atoms with van der Waals surface area (Å²) in [6.07, 6.45) is 2.22. The third-order valence-corrected chi connectivity index (χ3v) is 2.84. The van der Waals surface area contributed by atoms with Gasteiger partial charge in [-0.1, -0.05) is 0 Å². The summed E-state index contributed by atoms with van der Waals surface area (Å²) in [7, 11) is 3.63. The van der Waals surface area contributed by atoms with Crippen LogP contribution in [0.25, 0.3) is 0 Å². The van der Waals surface area contributed by atoms with Crippen molar-refractivity contribution in [2.75, 3.05) is 27.2 Å². The molecule has 0 aliphatic rings. The third-order valence-electron chi connectivity index (χ3n) is 2.84. The maximum Gasteiger partial charge on any atom is 0.305 e. The second-order valence-electron chi connectivity index (χ2n) is 4.89. The molecule has 0 spiro atoms. The topological polar surface area (TPSA) is 98.7 Å². The SMILES string of the molecule is CN(C)C(CCCCN[13C]([13CH3])=O)C(=O)NCCC(=O)O. The van der Waals surface area contributed by atoms with Gasteiger partial charge in [0.15, 0.2) is 0 Å². The molecule has 0 aliphatic carbocycles. The van der Waals surface area contributed by atoms with Gasteiger partial charge in [0.25, 0.3) is 0 Å². The van der Waals surface area contributed by atoms with Crippen molar-refractivity contribution in [2.45, 2.75) is 38.6 Å². The number of carbonyl (C=O) groups is 3. The van der Waals surface area contributed by atoms with Gasteiger partial charge in [0, 0.05) is 20.0 Å². The molecule has 7 heteroatoms. The minimum absolute atomic E-state index is 0.0550. The van der Waals surface area contributed by atoms with Crippen molar-refractivity contribution in [3.8, 4) is 0 Å². The number of amides is 2. The molecule has 0 saturated heterocycles. The summed E-state index contributed by atoms with van der Waals surface area (Å²) >= 11 is 0. The zero-order chi connectivity index (χ0) is 15.5. The second kappa shape index (κ2) is 10.2. The number of nitrogens with one attached hydrogen (secondary N) is 2. The van der Waals surface area contributed by atoms with Crippen LogP contribution in [0.1, 0.15) is 32.6 Å². The van der Waals surface area contributed by atoms with Crippen molar-refractivity contribution in [1.29, 1.82) is 0 Å². The van der Waals surface area contributed by atoms with Gasteiger partial charge in [0.05, 0.1) is 12.5 Å². The first kappa shape index (κ1) is 18.4. The smallest absolute Gasteiger partial charge is 0.305 e. The molecule has 0 saturated carbocycles. The Hall–Kier alpha value is -1.63. The van der Waals surface area contributed by atoms with Crippen molar-refractivity contribution in [3.63, 3.8) is 0 Å². The fraction of sp³-hybridized carbons (Fsp3) is 0.769. The Morgan fingerprint density at radius 1 is 1.10 bits per heavy atom. The fourth-order valence-electron chi connectivity index (χ4n) is 1.76. The molecule has 0 aliphatic heterocycles. The molecule has 0 aromatic rings. The van der Waals surface area contributed by atoms with Crippen LogP contribution in [0.5, 0.6) is 0 Å². The highest BCUT2D eigenvalue weighted by Crippen LogP contribution is 2.06. The molecule has 0 bridgehead atoms. The van der Waals surface area contributed by atoms with Crippen LogP contribution in [0.3, 0.4) is 0 Å². The summed E-state index contributed by atoms with van der Waals surface area (Å²) in [6.45, 7) is 2.22. The minimum Gasteiger partial charge on any atom is -0.481 e. The Bertz CT molecular complexity index is 332. The molecule has 2 amide bonds. The molecule has 0 rings (SSSR count). The summed E-state index contributed by atoms with van der Waals surface area (Å²) in [4.78, 5) is 34.8. The zero-order valence-corrected chi connectivity index (χ0v) is 12.4. The van der Waals surface area contributed by atoms with Gasteiger partial charge in [-0.2, -0.15) is 0 Å². The number of rotatable bonds is 10. The number of hydrogen-bond acceptors (Lipinski definition) is 4. The third kappa shape index (κ3) is 9.32. The molecule has 0 radical (unpaired) electrons. The molecule has 0 heterocycles. The number of likely N-dealkylation sites (N-methyl/N-ethyl adjacent to an activating group) is 1. The molecular weight excluding hydrogens is 264 g/mol. The molecule has 7 nitrogen and oxygen atoms in total. The Morgan fingerprint density at radius 2 is 1.75 bits per heavy atom. The van der Waals surface area contributed by atoms with Crippen LogP contribution in [-0.2, 0) is 14.4 Å². The van der Waals surface area contributed by atoms with E-state index in [1.165, 1.54) is 6.92 Å². The summed E-state index contributed by atoms with van der Waals surface area (Å²) in [5.74, 6) is -1.14. The molecule has 0 aromatic carbocycles. The van der Waals surface area contributed by atoms with E-state index in [1.54, 1.807) is 0 Å². The van der Waals surface area contributed by atoms with E-state index in [1.807, 2.05) is 19.0 Å². The second-order valence-corrected chi connectivity index (χ2v) is 4.89. The van der Waals surface area contributed by atoms with Gasteiger partial charge in [0.2, 0.25) is 11.8 Å². The van der Waals surface area contributed by atoms with Gasteiger partial charge in [-0.15, -0.1) is 0 Å². The number of unbranched alkanes of at least 4 members (excludes halogenated alkanes) is 1. The Kier molecular flexibility index (Phi) is 9.36. The summed E-state index contributed by atoms with van der Waals surface area (Å²) in [6, 6.07) is -0.277. The van der Waals surface area contributed by atoms with Crippen molar-refractivity contribution in [1.82, 2.24) is 15.5 Å². The summed E-state index contributed by atoms with van der Waals surface area (Å²) in [5, 5.41) is 13.9. The van der Waals surface area contributed by atoms with E-state index >= 15 is 0 Å². The van der Waals surface area contributed by atoms with E-state index in [2.05, 4.69) is 10.6 Å². The van der Waals surface area contributed by atoms with Crippen LogP contribution >= 0.6 is 0 Å². The van der Waals surface area contributed by atoms with E-state index < -0.39 is 5.97 Å². The van der Waals surface area contributed by atoms with Crippen molar-refractivity contribution in [3.05, 3.63) is 0 Å². The molecule has 0 fully saturated rings. The van der Waals surface area contributed by atoms with Crippen LogP contribution in [0.4, 0.5) is 0 Å². The molecule has 3 N–H and O–H groups in total. The van der Waals surface area contributed by atoms with Gasteiger partial charge in [0.1, 0.15) is 0 Å². The first-order valence-electron chi connectivity index (χ1n) is 6.75. The van der Waals surface area contributed by atoms with Crippen LogP contribution in [-0.4, -0.2) is 61.0 Å². The van der Waals surface area contributed by atoms with E-state index in [-0.39, 0.29) is 30.8 Å². The van der Waals surface area contributed by atoms with Crippen molar-refractivity contribution in [2.24, 2.45) is 0 Å². The normalized spacial score (nSPS) is 12.0. The molecular formula is C13H25N3O4. The van der Waals surface area contributed by atoms with Crippen molar-refractivity contribution >= 4 is 17.8 Å². The predicted octanol–water partition coefficient (Wildman–Crippen LogP) is -0.186. The average Bonchev–Trinajstić information content (AvgIpc) is 2.32. The molecule has 1 atom stereocenters. The number of carboxylic acids is 1. The molecule has 0 aromatic heterocycles.